The lowest BCUT2D eigenvalue weighted by atomic mass is 10.6. The van der Waals surface area contributed by atoms with Gasteiger partial charge in [0.2, 0.25) is 0 Å². The van der Waals surface area contributed by atoms with E-state index in [1.54, 1.807) is 13.2 Å². The van der Waals surface area contributed by atoms with Crippen LogP contribution < -0.4 is 0 Å². The maximum atomic E-state index is 10.1. The van der Waals surface area contributed by atoms with E-state index in [4.69, 9.17) is 4.55 Å². The Morgan fingerprint density at radius 1 is 1.67 bits per heavy atom. The van der Waals surface area contributed by atoms with Gasteiger partial charge in [0.1, 0.15) is 0 Å². The molecule has 1 N–H and O–H groups in total. The van der Waals surface area contributed by atoms with Gasteiger partial charge >= 0.3 is 0 Å². The Balaban J connectivity index is 3.75. The fraction of sp³-hybridized carbons (Fsp3) is 1.00. The highest BCUT2D eigenvalue weighted by atomic mass is 32.2. The van der Waals surface area contributed by atoms with Crippen molar-refractivity contribution in [1.29, 1.82) is 0 Å². The van der Waals surface area contributed by atoms with E-state index in [2.05, 4.69) is 0 Å². The highest BCUT2D eigenvalue weighted by Gasteiger charge is 2.09. The first-order valence-electron chi connectivity index (χ1n) is 2.43. The first-order valence-corrected chi connectivity index (χ1v) is 5.33. The molecule has 0 amide bonds. The molecule has 0 aliphatic heterocycles. The molecule has 0 aliphatic rings. The van der Waals surface area contributed by atoms with Crippen LogP contribution in [-0.4, -0.2) is 30.2 Å². The van der Waals surface area contributed by atoms with Gasteiger partial charge in [0.25, 0.3) is 10.1 Å². The third kappa shape index (κ3) is 6.14. The molecular weight excluding hydrogens is 160 g/mol. The molecule has 1 atom stereocenters. The minimum atomic E-state index is -3.76. The van der Waals surface area contributed by atoms with Crippen LogP contribution in [0.4, 0.5) is 0 Å². The van der Waals surface area contributed by atoms with Crippen LogP contribution in [0, 0.1) is 0 Å². The predicted molar refractivity (Wildman–Crippen MR) is 39.4 cm³/mol. The van der Waals surface area contributed by atoms with E-state index in [1.165, 1.54) is 11.8 Å². The molecule has 0 spiro atoms. The SMILES string of the molecule is CS[C@H](C)CS(=O)(=O)O. The second-order valence-electron chi connectivity index (χ2n) is 1.79. The van der Waals surface area contributed by atoms with Crippen LogP contribution in [0.3, 0.4) is 0 Å². The Morgan fingerprint density at radius 2 is 2.11 bits per heavy atom. The van der Waals surface area contributed by atoms with Crippen molar-refractivity contribution in [2.24, 2.45) is 0 Å². The van der Waals surface area contributed by atoms with E-state index < -0.39 is 10.1 Å². The minimum Gasteiger partial charge on any atom is -0.286 e. The quantitative estimate of drug-likeness (QED) is 0.631. The van der Waals surface area contributed by atoms with Gasteiger partial charge in [0.05, 0.1) is 5.75 Å². The first kappa shape index (κ1) is 9.26. The van der Waals surface area contributed by atoms with Crippen LogP contribution in [0.15, 0.2) is 0 Å². The maximum Gasteiger partial charge on any atom is 0.265 e. The molecule has 0 fully saturated rings. The van der Waals surface area contributed by atoms with E-state index in [9.17, 15) is 8.42 Å². The van der Waals surface area contributed by atoms with E-state index >= 15 is 0 Å². The summed E-state index contributed by atoms with van der Waals surface area (Å²) in [5, 5.41) is -0.0278. The average molecular weight is 170 g/mol. The Labute approximate surface area is 59.6 Å². The second-order valence-corrected chi connectivity index (χ2v) is 4.57. The molecule has 5 heteroatoms. The summed E-state index contributed by atoms with van der Waals surface area (Å²) in [6.45, 7) is 1.75. The van der Waals surface area contributed by atoms with Gasteiger partial charge in [-0.1, -0.05) is 6.92 Å². The van der Waals surface area contributed by atoms with Crippen molar-refractivity contribution in [3.05, 3.63) is 0 Å². The Bertz CT molecular complexity index is 161. The third-order valence-corrected chi connectivity index (χ3v) is 2.95. The summed E-state index contributed by atoms with van der Waals surface area (Å²) in [5.74, 6) is -0.159. The molecule has 0 saturated carbocycles. The number of hydrogen-bond acceptors (Lipinski definition) is 3. The van der Waals surface area contributed by atoms with Crippen molar-refractivity contribution in [2.45, 2.75) is 12.2 Å². The molecule has 56 valence electrons. The molecule has 0 aromatic rings. The van der Waals surface area contributed by atoms with Gasteiger partial charge in [-0.2, -0.15) is 20.2 Å². The Hall–Kier alpha value is 0.260. The molecule has 0 unspecified atom stereocenters. The van der Waals surface area contributed by atoms with Crippen LogP contribution in [0.1, 0.15) is 6.92 Å². The zero-order valence-corrected chi connectivity index (χ0v) is 7.00. The number of rotatable bonds is 3. The molecule has 0 saturated heterocycles. The fourth-order valence-electron chi connectivity index (χ4n) is 0.365. The summed E-state index contributed by atoms with van der Waals surface area (Å²) in [4.78, 5) is 0. The standard InChI is InChI=1S/C4H10O3S2/c1-4(8-2)3-9(5,6)7/h4H,3H2,1-2H3,(H,5,6,7)/t4-/m1/s1. The van der Waals surface area contributed by atoms with Crippen molar-refractivity contribution in [2.75, 3.05) is 12.0 Å². The normalized spacial score (nSPS) is 15.4. The molecule has 9 heavy (non-hydrogen) atoms. The molecule has 0 rings (SSSR count). The topological polar surface area (TPSA) is 54.4 Å². The van der Waals surface area contributed by atoms with Crippen LogP contribution in [0.2, 0.25) is 0 Å². The third-order valence-electron chi connectivity index (χ3n) is 0.848. The summed E-state index contributed by atoms with van der Waals surface area (Å²) in [7, 11) is -3.76. The summed E-state index contributed by atoms with van der Waals surface area (Å²) in [6, 6.07) is 0. The minimum absolute atomic E-state index is 0.0278. The van der Waals surface area contributed by atoms with Gasteiger partial charge in [-0.3, -0.25) is 4.55 Å². The van der Waals surface area contributed by atoms with Gasteiger partial charge in [0, 0.05) is 5.25 Å². The average Bonchev–Trinajstić information content (AvgIpc) is 1.62. The van der Waals surface area contributed by atoms with Crippen molar-refractivity contribution in [3.8, 4) is 0 Å². The second kappa shape index (κ2) is 3.43. The highest BCUT2D eigenvalue weighted by molar-refractivity contribution is 8.00. The zero-order chi connectivity index (χ0) is 7.49. The van der Waals surface area contributed by atoms with Crippen LogP contribution in [-0.2, 0) is 10.1 Å². The fourth-order valence-corrected chi connectivity index (χ4v) is 2.02. The smallest absolute Gasteiger partial charge is 0.265 e. The van der Waals surface area contributed by atoms with E-state index in [1.807, 2.05) is 0 Å². The van der Waals surface area contributed by atoms with Crippen molar-refractivity contribution >= 4 is 21.9 Å². The molecule has 0 aliphatic carbocycles. The van der Waals surface area contributed by atoms with Gasteiger partial charge in [-0.05, 0) is 6.26 Å². The molecule has 3 nitrogen and oxygen atoms in total. The Morgan fingerprint density at radius 3 is 2.22 bits per heavy atom. The molecule has 0 aromatic carbocycles. The lowest BCUT2D eigenvalue weighted by Gasteiger charge is -2.02. The Kier molecular flexibility index (Phi) is 3.53. The van der Waals surface area contributed by atoms with Gasteiger partial charge < -0.3 is 0 Å². The zero-order valence-electron chi connectivity index (χ0n) is 5.36. The summed E-state index contributed by atoms with van der Waals surface area (Å²) in [5.41, 5.74) is 0. The molecule has 0 heterocycles. The first-order chi connectivity index (χ1) is 3.95. The van der Waals surface area contributed by atoms with E-state index in [0.29, 0.717) is 0 Å². The summed E-state index contributed by atoms with van der Waals surface area (Å²) < 4.78 is 28.6. The lowest BCUT2D eigenvalue weighted by molar-refractivity contribution is 0.483. The number of thioether (sulfide) groups is 1. The predicted octanol–water partition coefficient (Wildman–Crippen LogP) is 0.626. The maximum absolute atomic E-state index is 10.1. The van der Waals surface area contributed by atoms with Gasteiger partial charge in [-0.25, -0.2) is 0 Å². The summed E-state index contributed by atoms with van der Waals surface area (Å²) in [6.07, 6.45) is 1.80. The van der Waals surface area contributed by atoms with Crippen LogP contribution in [0.25, 0.3) is 0 Å². The van der Waals surface area contributed by atoms with Crippen molar-refractivity contribution in [3.63, 3.8) is 0 Å². The largest absolute Gasteiger partial charge is 0.286 e. The van der Waals surface area contributed by atoms with Crippen LogP contribution in [0.5, 0.6) is 0 Å². The van der Waals surface area contributed by atoms with Crippen LogP contribution >= 0.6 is 11.8 Å². The van der Waals surface area contributed by atoms with Gasteiger partial charge in [-0.15, -0.1) is 0 Å². The molecule has 0 bridgehead atoms. The molecule has 0 radical (unpaired) electrons. The number of hydrogen-bond donors (Lipinski definition) is 1. The van der Waals surface area contributed by atoms with E-state index in [0.717, 1.165) is 0 Å². The monoisotopic (exact) mass is 170 g/mol. The molecular formula is C4H10O3S2. The van der Waals surface area contributed by atoms with Gasteiger partial charge in [0.15, 0.2) is 0 Å². The lowest BCUT2D eigenvalue weighted by Crippen LogP contribution is -2.13. The highest BCUT2D eigenvalue weighted by Crippen LogP contribution is 2.06. The van der Waals surface area contributed by atoms with Crippen molar-refractivity contribution < 1.29 is 13.0 Å². The molecule has 0 aromatic heterocycles. The summed E-state index contributed by atoms with van der Waals surface area (Å²) >= 11 is 1.41. The van der Waals surface area contributed by atoms with E-state index in [-0.39, 0.29) is 11.0 Å². The van der Waals surface area contributed by atoms with Crippen molar-refractivity contribution in [1.82, 2.24) is 0 Å².